The number of hydrogen-bond acceptors (Lipinski definition) is 5. The summed E-state index contributed by atoms with van der Waals surface area (Å²) in [5, 5.41) is 29.2. The number of carbonyl (C=O) groups is 1. The van der Waals surface area contributed by atoms with Gasteiger partial charge in [0.05, 0.1) is 23.0 Å². The van der Waals surface area contributed by atoms with Gasteiger partial charge in [-0.25, -0.2) is 4.79 Å². The molecule has 0 aromatic heterocycles. The van der Waals surface area contributed by atoms with Gasteiger partial charge in [-0.1, -0.05) is 19.9 Å². The van der Waals surface area contributed by atoms with Crippen LogP contribution in [0, 0.1) is 27.4 Å². The maximum absolute atomic E-state index is 11.3. The molecule has 0 radical (unpaired) electrons. The molecule has 1 aromatic carbocycles. The minimum absolute atomic E-state index is 0.0685. The maximum Gasteiger partial charge on any atom is 0.338 e. The number of nitrogens with zero attached hydrogens (tertiary/aromatic N) is 3. The van der Waals surface area contributed by atoms with Crippen LogP contribution in [0.15, 0.2) is 18.2 Å². The fraction of sp³-hybridized carbons (Fsp3) is 0.429. The van der Waals surface area contributed by atoms with Gasteiger partial charge in [0.15, 0.2) is 0 Å². The van der Waals surface area contributed by atoms with Gasteiger partial charge in [-0.05, 0) is 12.0 Å². The van der Waals surface area contributed by atoms with E-state index in [1.54, 1.807) is 4.90 Å². The molecule has 112 valence electrons. The van der Waals surface area contributed by atoms with E-state index >= 15 is 0 Å². The van der Waals surface area contributed by atoms with E-state index in [0.717, 1.165) is 0 Å². The molecule has 0 aliphatic carbocycles. The Bertz CT molecular complexity index is 546. The molecule has 21 heavy (non-hydrogen) atoms. The standard InChI is InChI=1S/C14H17N3O4/c1-10(2)9-16(8-4-7-15)13-11(14(18)19)5-3-6-12(13)17(20)21/h3,5-6,10H,4,8-9H2,1-2H3,(H,18,19). The summed E-state index contributed by atoms with van der Waals surface area (Å²) in [5.74, 6) is -1.05. The van der Waals surface area contributed by atoms with Crippen molar-refractivity contribution in [3.05, 3.63) is 33.9 Å². The van der Waals surface area contributed by atoms with E-state index in [1.165, 1.54) is 18.2 Å². The van der Waals surface area contributed by atoms with E-state index in [-0.39, 0.29) is 35.8 Å². The number of carboxylic acid groups (broad SMARTS) is 1. The van der Waals surface area contributed by atoms with Gasteiger partial charge in [-0.3, -0.25) is 10.1 Å². The van der Waals surface area contributed by atoms with Crippen molar-refractivity contribution in [3.63, 3.8) is 0 Å². The molecule has 0 spiro atoms. The van der Waals surface area contributed by atoms with Crippen LogP contribution in [0.25, 0.3) is 0 Å². The number of nitro groups is 1. The van der Waals surface area contributed by atoms with Gasteiger partial charge in [-0.15, -0.1) is 0 Å². The highest BCUT2D eigenvalue weighted by molar-refractivity contribution is 5.97. The van der Waals surface area contributed by atoms with Gasteiger partial charge >= 0.3 is 5.97 Å². The maximum atomic E-state index is 11.3. The van der Waals surface area contributed by atoms with Crippen molar-refractivity contribution in [3.8, 4) is 6.07 Å². The van der Waals surface area contributed by atoms with Gasteiger partial charge in [0.1, 0.15) is 5.69 Å². The fourth-order valence-corrected chi connectivity index (χ4v) is 2.10. The molecule has 0 aliphatic heterocycles. The smallest absolute Gasteiger partial charge is 0.338 e. The molecule has 1 N–H and O–H groups in total. The molecule has 0 amide bonds. The number of anilines is 1. The zero-order valence-corrected chi connectivity index (χ0v) is 11.9. The largest absolute Gasteiger partial charge is 0.478 e. The molecule has 1 rings (SSSR count). The van der Waals surface area contributed by atoms with Crippen molar-refractivity contribution >= 4 is 17.3 Å². The minimum Gasteiger partial charge on any atom is -0.478 e. The number of carboxylic acids is 1. The molecule has 0 saturated heterocycles. The number of benzene rings is 1. The van der Waals surface area contributed by atoms with Gasteiger partial charge in [0.2, 0.25) is 0 Å². The number of aromatic carboxylic acids is 1. The van der Waals surface area contributed by atoms with Crippen molar-refractivity contribution in [1.82, 2.24) is 0 Å². The lowest BCUT2D eigenvalue weighted by Gasteiger charge is -2.26. The topological polar surface area (TPSA) is 107 Å². The lowest BCUT2D eigenvalue weighted by atomic mass is 10.1. The van der Waals surface area contributed by atoms with Crippen LogP contribution in [-0.2, 0) is 0 Å². The Morgan fingerprint density at radius 1 is 1.52 bits per heavy atom. The van der Waals surface area contributed by atoms with Crippen molar-refractivity contribution in [2.75, 3.05) is 18.0 Å². The first kappa shape index (κ1) is 16.4. The second-order valence-corrected chi connectivity index (χ2v) is 4.98. The summed E-state index contributed by atoms with van der Waals surface area (Å²) in [6, 6.07) is 5.95. The fourth-order valence-electron chi connectivity index (χ4n) is 2.10. The van der Waals surface area contributed by atoms with E-state index in [0.29, 0.717) is 6.54 Å². The molecule has 0 heterocycles. The van der Waals surface area contributed by atoms with Crippen LogP contribution >= 0.6 is 0 Å². The predicted octanol–water partition coefficient (Wildman–Crippen LogP) is 2.67. The van der Waals surface area contributed by atoms with E-state index in [2.05, 4.69) is 0 Å². The summed E-state index contributed by atoms with van der Waals surface area (Å²) in [6.45, 7) is 4.54. The molecule has 1 aromatic rings. The van der Waals surface area contributed by atoms with Crippen LogP contribution in [-0.4, -0.2) is 29.1 Å². The Morgan fingerprint density at radius 3 is 2.67 bits per heavy atom. The van der Waals surface area contributed by atoms with Crippen LogP contribution in [0.4, 0.5) is 11.4 Å². The highest BCUT2D eigenvalue weighted by Crippen LogP contribution is 2.32. The highest BCUT2D eigenvalue weighted by Gasteiger charge is 2.26. The zero-order valence-electron chi connectivity index (χ0n) is 11.9. The summed E-state index contributed by atoms with van der Waals surface area (Å²) < 4.78 is 0. The first-order chi connectivity index (χ1) is 9.88. The Balaban J connectivity index is 3.41. The second kappa shape index (κ2) is 7.24. The summed E-state index contributed by atoms with van der Waals surface area (Å²) in [7, 11) is 0. The van der Waals surface area contributed by atoms with E-state index in [4.69, 9.17) is 5.26 Å². The normalized spacial score (nSPS) is 10.2. The lowest BCUT2D eigenvalue weighted by molar-refractivity contribution is -0.384. The van der Waals surface area contributed by atoms with Crippen molar-refractivity contribution < 1.29 is 14.8 Å². The molecule has 7 heteroatoms. The molecule has 0 unspecified atom stereocenters. The number of hydrogen-bond donors (Lipinski definition) is 1. The van der Waals surface area contributed by atoms with Gasteiger partial charge in [-0.2, -0.15) is 5.26 Å². The average Bonchev–Trinajstić information content (AvgIpc) is 2.42. The van der Waals surface area contributed by atoms with Crippen molar-refractivity contribution in [2.24, 2.45) is 5.92 Å². The Morgan fingerprint density at radius 2 is 2.19 bits per heavy atom. The van der Waals surface area contributed by atoms with Crippen molar-refractivity contribution in [2.45, 2.75) is 20.3 Å². The van der Waals surface area contributed by atoms with Crippen LogP contribution in [0.1, 0.15) is 30.6 Å². The van der Waals surface area contributed by atoms with Crippen LogP contribution in [0.2, 0.25) is 0 Å². The number of rotatable bonds is 7. The van der Waals surface area contributed by atoms with Gasteiger partial charge in [0.25, 0.3) is 5.69 Å². The molecular formula is C14H17N3O4. The third kappa shape index (κ3) is 4.18. The van der Waals surface area contributed by atoms with Gasteiger partial charge in [0, 0.05) is 19.2 Å². The molecule has 0 bridgehead atoms. The SMILES string of the molecule is CC(C)CN(CCC#N)c1c(C(=O)O)cccc1[N+](=O)[O-]. The summed E-state index contributed by atoms with van der Waals surface area (Å²) in [6.07, 6.45) is 0.165. The van der Waals surface area contributed by atoms with Crippen LogP contribution in [0.5, 0.6) is 0 Å². The number of nitriles is 1. The molecule has 0 aliphatic rings. The van der Waals surface area contributed by atoms with Crippen LogP contribution < -0.4 is 4.90 Å². The Hall–Kier alpha value is -2.62. The average molecular weight is 291 g/mol. The third-order valence-corrected chi connectivity index (χ3v) is 2.84. The van der Waals surface area contributed by atoms with Gasteiger partial charge < -0.3 is 10.0 Å². The molecular weight excluding hydrogens is 274 g/mol. The first-order valence-electron chi connectivity index (χ1n) is 6.51. The monoisotopic (exact) mass is 291 g/mol. The van der Waals surface area contributed by atoms with Crippen molar-refractivity contribution in [1.29, 1.82) is 5.26 Å². The first-order valence-corrected chi connectivity index (χ1v) is 6.51. The predicted molar refractivity (Wildman–Crippen MR) is 77.3 cm³/mol. The molecule has 0 saturated carbocycles. The quantitative estimate of drug-likeness (QED) is 0.611. The molecule has 7 nitrogen and oxygen atoms in total. The second-order valence-electron chi connectivity index (χ2n) is 4.98. The summed E-state index contributed by atoms with van der Waals surface area (Å²) in [4.78, 5) is 23.5. The number of para-hydroxylation sites is 1. The highest BCUT2D eigenvalue weighted by atomic mass is 16.6. The Kier molecular flexibility index (Phi) is 5.67. The Labute approximate surface area is 122 Å². The summed E-state index contributed by atoms with van der Waals surface area (Å²) in [5.41, 5.74) is -0.310. The van der Waals surface area contributed by atoms with Crippen LogP contribution in [0.3, 0.4) is 0 Å². The lowest BCUT2D eigenvalue weighted by Crippen LogP contribution is -2.30. The molecule has 0 atom stereocenters. The zero-order chi connectivity index (χ0) is 16.0. The van der Waals surface area contributed by atoms with E-state index < -0.39 is 10.9 Å². The number of nitro benzene ring substituents is 1. The minimum atomic E-state index is -1.22. The van der Waals surface area contributed by atoms with E-state index in [9.17, 15) is 20.0 Å². The van der Waals surface area contributed by atoms with E-state index in [1.807, 2.05) is 19.9 Å². The summed E-state index contributed by atoms with van der Waals surface area (Å²) >= 11 is 0. The third-order valence-electron chi connectivity index (χ3n) is 2.84. The molecule has 0 fully saturated rings.